The summed E-state index contributed by atoms with van der Waals surface area (Å²) in [7, 11) is 0. The fraction of sp³-hybridized carbons (Fsp3) is 0.200. The lowest BCUT2D eigenvalue weighted by molar-refractivity contribution is 0.112. The standard InChI is InChI=1S/C15H15NO3/c1-2-18-15-8-12(10-17)5-6-14(15)19-11-13-4-3-7-16-9-13/h3-10H,2,11H2,1H3. The Balaban J connectivity index is 2.12. The van der Waals surface area contributed by atoms with E-state index in [0.29, 0.717) is 30.3 Å². The summed E-state index contributed by atoms with van der Waals surface area (Å²) in [6.45, 7) is 2.82. The van der Waals surface area contributed by atoms with Crippen molar-refractivity contribution in [3.8, 4) is 11.5 Å². The molecule has 0 radical (unpaired) electrons. The number of hydrogen-bond donors (Lipinski definition) is 0. The van der Waals surface area contributed by atoms with Crippen LogP contribution in [0.2, 0.25) is 0 Å². The maximum absolute atomic E-state index is 10.7. The minimum absolute atomic E-state index is 0.411. The minimum atomic E-state index is 0.411. The van der Waals surface area contributed by atoms with Gasteiger partial charge in [0.1, 0.15) is 12.9 Å². The highest BCUT2D eigenvalue weighted by molar-refractivity contribution is 5.76. The lowest BCUT2D eigenvalue weighted by atomic mass is 10.2. The third-order valence-electron chi connectivity index (χ3n) is 2.52. The van der Waals surface area contributed by atoms with Gasteiger partial charge < -0.3 is 9.47 Å². The summed E-state index contributed by atoms with van der Waals surface area (Å²) < 4.78 is 11.2. The first-order chi connectivity index (χ1) is 9.33. The van der Waals surface area contributed by atoms with E-state index in [1.54, 1.807) is 30.6 Å². The molecule has 4 nitrogen and oxygen atoms in total. The van der Waals surface area contributed by atoms with E-state index in [1.807, 2.05) is 19.1 Å². The van der Waals surface area contributed by atoms with Crippen molar-refractivity contribution in [3.63, 3.8) is 0 Å². The molecule has 0 atom stereocenters. The summed E-state index contributed by atoms with van der Waals surface area (Å²) in [6, 6.07) is 8.92. The van der Waals surface area contributed by atoms with Crippen LogP contribution in [0.25, 0.3) is 0 Å². The van der Waals surface area contributed by atoms with Gasteiger partial charge in [0.2, 0.25) is 0 Å². The van der Waals surface area contributed by atoms with Gasteiger partial charge in [-0.3, -0.25) is 9.78 Å². The Morgan fingerprint density at radius 3 is 2.79 bits per heavy atom. The second-order valence-electron chi connectivity index (χ2n) is 3.91. The molecule has 0 aliphatic rings. The van der Waals surface area contributed by atoms with Crippen molar-refractivity contribution in [1.82, 2.24) is 4.98 Å². The molecular weight excluding hydrogens is 242 g/mol. The third kappa shape index (κ3) is 3.55. The molecule has 2 rings (SSSR count). The number of hydrogen-bond acceptors (Lipinski definition) is 4. The van der Waals surface area contributed by atoms with Gasteiger partial charge in [-0.15, -0.1) is 0 Å². The Hall–Kier alpha value is -2.36. The Kier molecular flexibility index (Phi) is 4.50. The number of aromatic nitrogens is 1. The first-order valence-electron chi connectivity index (χ1n) is 6.07. The average molecular weight is 257 g/mol. The largest absolute Gasteiger partial charge is 0.490 e. The van der Waals surface area contributed by atoms with Crippen LogP contribution in [0, 0.1) is 0 Å². The molecule has 2 aromatic rings. The Bertz CT molecular complexity index is 540. The van der Waals surface area contributed by atoms with Crippen molar-refractivity contribution in [2.24, 2.45) is 0 Å². The quantitative estimate of drug-likeness (QED) is 0.746. The zero-order valence-corrected chi connectivity index (χ0v) is 10.7. The lowest BCUT2D eigenvalue weighted by Gasteiger charge is -2.12. The summed E-state index contributed by atoms with van der Waals surface area (Å²) in [4.78, 5) is 14.8. The number of carbonyl (C=O) groups excluding carboxylic acids is 1. The van der Waals surface area contributed by atoms with Gasteiger partial charge in [-0.2, -0.15) is 0 Å². The fourth-order valence-electron chi connectivity index (χ4n) is 1.63. The van der Waals surface area contributed by atoms with Crippen LogP contribution in [0.15, 0.2) is 42.7 Å². The number of ether oxygens (including phenoxy) is 2. The molecule has 1 aromatic carbocycles. The Morgan fingerprint density at radius 2 is 2.11 bits per heavy atom. The van der Waals surface area contributed by atoms with E-state index >= 15 is 0 Å². The second-order valence-corrected chi connectivity index (χ2v) is 3.91. The number of carbonyl (C=O) groups is 1. The molecule has 1 heterocycles. The van der Waals surface area contributed by atoms with Crippen molar-refractivity contribution in [3.05, 3.63) is 53.9 Å². The van der Waals surface area contributed by atoms with Crippen LogP contribution in [0.3, 0.4) is 0 Å². The summed E-state index contributed by atoms with van der Waals surface area (Å²) in [5.41, 5.74) is 1.54. The third-order valence-corrected chi connectivity index (χ3v) is 2.52. The van der Waals surface area contributed by atoms with Gasteiger partial charge in [0, 0.05) is 23.5 Å². The highest BCUT2D eigenvalue weighted by Crippen LogP contribution is 2.28. The van der Waals surface area contributed by atoms with Gasteiger partial charge >= 0.3 is 0 Å². The van der Waals surface area contributed by atoms with E-state index in [0.717, 1.165) is 11.8 Å². The van der Waals surface area contributed by atoms with Crippen LogP contribution < -0.4 is 9.47 Å². The number of pyridine rings is 1. The SMILES string of the molecule is CCOc1cc(C=O)ccc1OCc1cccnc1. The van der Waals surface area contributed by atoms with Crippen LogP contribution in [-0.4, -0.2) is 17.9 Å². The molecule has 0 unspecified atom stereocenters. The van der Waals surface area contributed by atoms with E-state index in [2.05, 4.69) is 4.98 Å². The molecule has 0 saturated heterocycles. The molecule has 4 heteroatoms. The molecule has 0 saturated carbocycles. The van der Waals surface area contributed by atoms with E-state index in [9.17, 15) is 4.79 Å². The van der Waals surface area contributed by atoms with Crippen LogP contribution in [0.4, 0.5) is 0 Å². The molecule has 19 heavy (non-hydrogen) atoms. The van der Waals surface area contributed by atoms with Crippen LogP contribution >= 0.6 is 0 Å². The van der Waals surface area contributed by atoms with Gasteiger partial charge in [-0.05, 0) is 31.2 Å². The summed E-state index contributed by atoms with van der Waals surface area (Å²) in [5, 5.41) is 0. The summed E-state index contributed by atoms with van der Waals surface area (Å²) in [5.74, 6) is 1.20. The van der Waals surface area contributed by atoms with Crippen molar-refractivity contribution in [2.45, 2.75) is 13.5 Å². The van der Waals surface area contributed by atoms with E-state index in [4.69, 9.17) is 9.47 Å². The van der Waals surface area contributed by atoms with Gasteiger partial charge in [0.15, 0.2) is 11.5 Å². The van der Waals surface area contributed by atoms with E-state index < -0.39 is 0 Å². The highest BCUT2D eigenvalue weighted by Gasteiger charge is 2.06. The molecule has 98 valence electrons. The zero-order valence-electron chi connectivity index (χ0n) is 10.7. The molecule has 0 amide bonds. The van der Waals surface area contributed by atoms with Gasteiger partial charge in [0.05, 0.1) is 6.61 Å². The van der Waals surface area contributed by atoms with E-state index in [-0.39, 0.29) is 0 Å². The first-order valence-corrected chi connectivity index (χ1v) is 6.07. The molecule has 0 spiro atoms. The first kappa shape index (κ1) is 13.1. The summed E-state index contributed by atoms with van der Waals surface area (Å²) >= 11 is 0. The number of nitrogens with zero attached hydrogens (tertiary/aromatic N) is 1. The van der Waals surface area contributed by atoms with E-state index in [1.165, 1.54) is 0 Å². The molecule has 0 aliphatic carbocycles. The molecule has 0 N–H and O–H groups in total. The normalized spacial score (nSPS) is 9.95. The fourth-order valence-corrected chi connectivity index (χ4v) is 1.63. The maximum atomic E-state index is 10.7. The van der Waals surface area contributed by atoms with Gasteiger partial charge in [0.25, 0.3) is 0 Å². The predicted molar refractivity (Wildman–Crippen MR) is 71.6 cm³/mol. The molecule has 0 aliphatic heterocycles. The Labute approximate surface area is 112 Å². The number of aldehydes is 1. The number of benzene rings is 1. The van der Waals surface area contributed by atoms with Gasteiger partial charge in [-0.25, -0.2) is 0 Å². The molecule has 1 aromatic heterocycles. The summed E-state index contributed by atoms with van der Waals surface area (Å²) in [6.07, 6.45) is 4.25. The van der Waals surface area contributed by atoms with Crippen molar-refractivity contribution < 1.29 is 14.3 Å². The smallest absolute Gasteiger partial charge is 0.161 e. The zero-order chi connectivity index (χ0) is 13.5. The van der Waals surface area contributed by atoms with Crippen molar-refractivity contribution in [1.29, 1.82) is 0 Å². The maximum Gasteiger partial charge on any atom is 0.161 e. The van der Waals surface area contributed by atoms with Crippen LogP contribution in [-0.2, 0) is 6.61 Å². The van der Waals surface area contributed by atoms with Crippen LogP contribution in [0.1, 0.15) is 22.8 Å². The highest BCUT2D eigenvalue weighted by atomic mass is 16.5. The lowest BCUT2D eigenvalue weighted by Crippen LogP contribution is -2.00. The predicted octanol–water partition coefficient (Wildman–Crippen LogP) is 2.87. The monoisotopic (exact) mass is 257 g/mol. The van der Waals surface area contributed by atoms with Crippen LogP contribution in [0.5, 0.6) is 11.5 Å². The minimum Gasteiger partial charge on any atom is -0.490 e. The Morgan fingerprint density at radius 1 is 1.21 bits per heavy atom. The number of rotatable bonds is 6. The average Bonchev–Trinajstić information content (AvgIpc) is 2.47. The molecule has 0 fully saturated rings. The second kappa shape index (κ2) is 6.54. The molecular formula is C15H15NO3. The molecule has 0 bridgehead atoms. The van der Waals surface area contributed by atoms with Gasteiger partial charge in [-0.1, -0.05) is 6.07 Å². The van der Waals surface area contributed by atoms with Crippen molar-refractivity contribution in [2.75, 3.05) is 6.61 Å². The van der Waals surface area contributed by atoms with Crippen molar-refractivity contribution >= 4 is 6.29 Å². The topological polar surface area (TPSA) is 48.4 Å².